The van der Waals surface area contributed by atoms with E-state index in [4.69, 9.17) is 9.47 Å². The van der Waals surface area contributed by atoms with E-state index >= 15 is 0 Å². The molecule has 4 heteroatoms. The van der Waals surface area contributed by atoms with E-state index in [1.54, 1.807) is 0 Å². The summed E-state index contributed by atoms with van der Waals surface area (Å²) < 4.78 is 10.7. The second-order valence-electron chi connectivity index (χ2n) is 8.45. The molecule has 0 unspecified atom stereocenters. The van der Waals surface area contributed by atoms with Crippen LogP contribution in [-0.4, -0.2) is 25.2 Å². The van der Waals surface area contributed by atoms with E-state index in [1.165, 1.54) is 39.5 Å². The van der Waals surface area contributed by atoms with Crippen LogP contribution in [0, 0.1) is 28.6 Å². The van der Waals surface area contributed by atoms with Gasteiger partial charge in [0.2, 0.25) is 0 Å². The summed E-state index contributed by atoms with van der Waals surface area (Å²) in [7, 11) is 0. The molecule has 0 radical (unpaired) electrons. The van der Waals surface area contributed by atoms with Crippen molar-refractivity contribution in [2.75, 3.05) is 13.2 Å². The number of fused-ring (bicyclic) bond motifs is 1. The van der Waals surface area contributed by atoms with Gasteiger partial charge in [-0.1, -0.05) is 27.2 Å². The summed E-state index contributed by atoms with van der Waals surface area (Å²) in [5.74, 6) is 0.736. The fourth-order valence-corrected chi connectivity index (χ4v) is 5.41. The van der Waals surface area contributed by atoms with Gasteiger partial charge in [0, 0.05) is 19.8 Å². The lowest BCUT2D eigenvalue weighted by Crippen LogP contribution is -2.53. The molecule has 0 saturated heterocycles. The number of hydrogen-bond donors (Lipinski definition) is 0. The quantitative estimate of drug-likeness (QED) is 0.734. The summed E-state index contributed by atoms with van der Waals surface area (Å²) >= 11 is 0. The largest absolute Gasteiger partial charge is 0.466 e. The van der Waals surface area contributed by atoms with Gasteiger partial charge in [0.15, 0.2) is 0 Å². The van der Waals surface area contributed by atoms with E-state index in [2.05, 4.69) is 20.8 Å². The molecule has 132 valence electrons. The number of hydrogen-bond acceptors (Lipinski definition) is 4. The van der Waals surface area contributed by atoms with Gasteiger partial charge >= 0.3 is 11.9 Å². The van der Waals surface area contributed by atoms with Gasteiger partial charge in [0.05, 0.1) is 13.2 Å². The van der Waals surface area contributed by atoms with Gasteiger partial charge in [-0.15, -0.1) is 0 Å². The summed E-state index contributed by atoms with van der Waals surface area (Å²) in [4.78, 5) is 22.6. The van der Waals surface area contributed by atoms with E-state index in [1.807, 2.05) is 0 Å². The molecule has 2 saturated carbocycles. The van der Waals surface area contributed by atoms with Crippen LogP contribution in [0.15, 0.2) is 0 Å². The normalized spacial score (nSPS) is 36.0. The highest BCUT2D eigenvalue weighted by atomic mass is 16.5. The molecule has 0 bridgehead atoms. The lowest BCUT2D eigenvalue weighted by Gasteiger charge is -2.59. The number of carbonyl (C=O) groups excluding carboxylic acids is 2. The van der Waals surface area contributed by atoms with Crippen molar-refractivity contribution in [3.05, 3.63) is 0 Å². The van der Waals surface area contributed by atoms with Crippen molar-refractivity contribution >= 4 is 11.9 Å². The Bertz CT molecular complexity index is 456. The zero-order valence-corrected chi connectivity index (χ0v) is 15.3. The van der Waals surface area contributed by atoms with Crippen molar-refractivity contribution in [1.29, 1.82) is 0 Å². The maximum absolute atomic E-state index is 11.3. The molecule has 0 heterocycles. The van der Waals surface area contributed by atoms with Crippen LogP contribution in [0.4, 0.5) is 0 Å². The average molecular weight is 324 g/mol. The molecule has 2 aliphatic rings. The molecule has 0 aliphatic heterocycles. The third-order valence-electron chi connectivity index (χ3n) is 6.48. The van der Waals surface area contributed by atoms with E-state index in [0.717, 1.165) is 6.42 Å². The van der Waals surface area contributed by atoms with Crippen molar-refractivity contribution in [1.82, 2.24) is 0 Å². The van der Waals surface area contributed by atoms with E-state index < -0.39 is 0 Å². The van der Waals surface area contributed by atoms with Crippen LogP contribution in [0.25, 0.3) is 0 Å². The van der Waals surface area contributed by atoms with Gasteiger partial charge in [-0.3, -0.25) is 9.59 Å². The first kappa shape index (κ1) is 18.3. The van der Waals surface area contributed by atoms with Crippen LogP contribution < -0.4 is 0 Å². The van der Waals surface area contributed by atoms with E-state index in [-0.39, 0.29) is 29.2 Å². The molecular formula is C19H32O4. The van der Waals surface area contributed by atoms with Crippen LogP contribution in [0.1, 0.15) is 66.7 Å². The summed E-state index contributed by atoms with van der Waals surface area (Å²) in [6.45, 7) is 10.9. The standard InChI is InChI=1S/C19H32O4/c1-13(20)22-11-15-7-8-17-18(3,4)9-6-10-19(17,5)16(15)12-23-14(2)21/h15-17H,6-12H2,1-5H3/t15-,16+,17+,19-/m1/s1. The Morgan fingerprint density at radius 3 is 2.17 bits per heavy atom. The number of ether oxygens (including phenoxy) is 2. The lowest BCUT2D eigenvalue weighted by atomic mass is 9.46. The zero-order chi connectivity index (χ0) is 17.3. The Morgan fingerprint density at radius 1 is 0.957 bits per heavy atom. The predicted molar refractivity (Wildman–Crippen MR) is 88.7 cm³/mol. The number of rotatable bonds is 4. The summed E-state index contributed by atoms with van der Waals surface area (Å²) in [5, 5.41) is 0. The van der Waals surface area contributed by atoms with Gasteiger partial charge in [-0.2, -0.15) is 0 Å². The molecule has 0 spiro atoms. The molecule has 4 nitrogen and oxygen atoms in total. The Kier molecular flexibility index (Phi) is 5.42. The monoisotopic (exact) mass is 324 g/mol. The Labute approximate surface area is 140 Å². The maximum Gasteiger partial charge on any atom is 0.302 e. The van der Waals surface area contributed by atoms with Crippen molar-refractivity contribution in [3.63, 3.8) is 0 Å². The number of carbonyl (C=O) groups is 2. The SMILES string of the molecule is CC(=O)OC[C@H]1CC[C@H]2C(C)(C)CCC[C@]2(C)[C@H]1COC(C)=O. The van der Waals surface area contributed by atoms with Gasteiger partial charge in [-0.05, 0) is 48.3 Å². The highest BCUT2D eigenvalue weighted by Crippen LogP contribution is 2.61. The molecular weight excluding hydrogens is 292 g/mol. The van der Waals surface area contributed by atoms with Crippen LogP contribution in [0.5, 0.6) is 0 Å². The van der Waals surface area contributed by atoms with Gasteiger partial charge in [-0.25, -0.2) is 0 Å². The van der Waals surface area contributed by atoms with Crippen molar-refractivity contribution in [2.24, 2.45) is 28.6 Å². The minimum atomic E-state index is -0.229. The molecule has 0 aromatic carbocycles. The first-order valence-corrected chi connectivity index (χ1v) is 8.93. The predicted octanol–water partition coefficient (Wildman–Crippen LogP) is 3.97. The van der Waals surface area contributed by atoms with Gasteiger partial charge in [0.1, 0.15) is 0 Å². The first-order valence-electron chi connectivity index (χ1n) is 8.93. The highest BCUT2D eigenvalue weighted by molar-refractivity contribution is 5.66. The summed E-state index contributed by atoms with van der Waals surface area (Å²) in [6, 6.07) is 0. The van der Waals surface area contributed by atoms with E-state index in [0.29, 0.717) is 24.5 Å². The maximum atomic E-state index is 11.3. The third kappa shape index (κ3) is 3.89. The van der Waals surface area contributed by atoms with Crippen molar-refractivity contribution in [2.45, 2.75) is 66.7 Å². The van der Waals surface area contributed by atoms with Crippen molar-refractivity contribution in [3.8, 4) is 0 Å². The Balaban J connectivity index is 2.23. The van der Waals surface area contributed by atoms with Crippen LogP contribution >= 0.6 is 0 Å². The second-order valence-corrected chi connectivity index (χ2v) is 8.45. The average Bonchev–Trinajstić information content (AvgIpc) is 2.42. The minimum Gasteiger partial charge on any atom is -0.466 e. The summed E-state index contributed by atoms with van der Waals surface area (Å²) in [5.41, 5.74) is 0.480. The molecule has 0 aromatic heterocycles. The smallest absolute Gasteiger partial charge is 0.302 e. The van der Waals surface area contributed by atoms with Gasteiger partial charge < -0.3 is 9.47 Å². The van der Waals surface area contributed by atoms with Crippen LogP contribution in [0.2, 0.25) is 0 Å². The molecule has 2 fully saturated rings. The van der Waals surface area contributed by atoms with Gasteiger partial charge in [0.25, 0.3) is 0 Å². The molecule has 2 aliphatic carbocycles. The molecule has 4 atom stereocenters. The van der Waals surface area contributed by atoms with Crippen LogP contribution in [0.3, 0.4) is 0 Å². The minimum absolute atomic E-state index is 0.153. The first-order chi connectivity index (χ1) is 10.7. The van der Waals surface area contributed by atoms with E-state index in [9.17, 15) is 9.59 Å². The number of esters is 2. The fraction of sp³-hybridized carbons (Fsp3) is 0.895. The third-order valence-corrected chi connectivity index (χ3v) is 6.48. The molecule has 0 N–H and O–H groups in total. The highest BCUT2D eigenvalue weighted by Gasteiger charge is 2.55. The Hall–Kier alpha value is -1.06. The Morgan fingerprint density at radius 2 is 1.57 bits per heavy atom. The summed E-state index contributed by atoms with van der Waals surface area (Å²) in [6.07, 6.45) is 5.87. The molecule has 0 aromatic rings. The zero-order valence-electron chi connectivity index (χ0n) is 15.3. The van der Waals surface area contributed by atoms with Crippen LogP contribution in [-0.2, 0) is 19.1 Å². The topological polar surface area (TPSA) is 52.6 Å². The molecule has 23 heavy (non-hydrogen) atoms. The second kappa shape index (κ2) is 6.82. The van der Waals surface area contributed by atoms with Crippen molar-refractivity contribution < 1.29 is 19.1 Å². The lowest BCUT2D eigenvalue weighted by molar-refractivity contribution is -0.162. The fourth-order valence-electron chi connectivity index (χ4n) is 5.41. The molecule has 0 amide bonds. The molecule has 2 rings (SSSR count).